The van der Waals surface area contributed by atoms with Gasteiger partial charge in [0.05, 0.1) is 17.4 Å². The van der Waals surface area contributed by atoms with Crippen molar-refractivity contribution in [2.24, 2.45) is 5.92 Å². The van der Waals surface area contributed by atoms with Crippen LogP contribution in [-0.4, -0.2) is 17.9 Å². The number of hydrogen-bond acceptors (Lipinski definition) is 4. The molecule has 0 bridgehead atoms. The first-order chi connectivity index (χ1) is 15.8. The first-order valence-electron chi connectivity index (χ1n) is 11.3. The zero-order chi connectivity index (χ0) is 23.3. The summed E-state index contributed by atoms with van der Waals surface area (Å²) in [5.41, 5.74) is 4.59. The van der Waals surface area contributed by atoms with Crippen LogP contribution in [0.4, 0.5) is 11.4 Å². The van der Waals surface area contributed by atoms with Crippen LogP contribution in [0.2, 0.25) is 0 Å². The van der Waals surface area contributed by atoms with E-state index in [0.717, 1.165) is 16.8 Å². The largest absolute Gasteiger partial charge is 0.273 e. The van der Waals surface area contributed by atoms with E-state index in [-0.39, 0.29) is 17.2 Å². The van der Waals surface area contributed by atoms with Gasteiger partial charge in [0.1, 0.15) is 5.92 Å². The predicted octanol–water partition coefficient (Wildman–Crippen LogP) is 5.34. The maximum atomic E-state index is 13.7. The van der Waals surface area contributed by atoms with Gasteiger partial charge in [0, 0.05) is 0 Å². The Morgan fingerprint density at radius 1 is 0.788 bits per heavy atom. The molecule has 0 radical (unpaired) electrons. The fourth-order valence-corrected chi connectivity index (χ4v) is 4.75. The third-order valence-corrected chi connectivity index (χ3v) is 6.50. The third kappa shape index (κ3) is 3.62. The van der Waals surface area contributed by atoms with E-state index in [2.05, 4.69) is 45.0 Å². The summed E-state index contributed by atoms with van der Waals surface area (Å²) < 4.78 is 0. The number of aryl methyl sites for hydroxylation is 1. The normalized spacial score (nSPS) is 22.7. The Hall–Kier alpha value is -3.44. The van der Waals surface area contributed by atoms with Crippen LogP contribution in [0, 0.1) is 12.8 Å². The van der Waals surface area contributed by atoms with Crippen molar-refractivity contribution < 1.29 is 14.4 Å². The van der Waals surface area contributed by atoms with Crippen molar-refractivity contribution in [1.82, 2.24) is 0 Å². The van der Waals surface area contributed by atoms with Crippen LogP contribution in [0.5, 0.6) is 0 Å². The highest BCUT2D eigenvalue weighted by Gasteiger charge is 2.60. The van der Waals surface area contributed by atoms with Crippen LogP contribution in [0.1, 0.15) is 43.5 Å². The number of carbonyl (C=O) groups excluding carboxylic acids is 2. The summed E-state index contributed by atoms with van der Waals surface area (Å²) in [5, 5.41) is 1.74. The fourth-order valence-electron chi connectivity index (χ4n) is 4.75. The number of amides is 2. The minimum atomic E-state index is -0.856. The van der Waals surface area contributed by atoms with Gasteiger partial charge >= 0.3 is 0 Å². The number of rotatable bonds is 3. The van der Waals surface area contributed by atoms with Crippen LogP contribution in [0.25, 0.3) is 0 Å². The molecule has 0 spiro atoms. The average molecular weight is 441 g/mol. The van der Waals surface area contributed by atoms with Gasteiger partial charge in [-0.2, -0.15) is 0 Å². The molecule has 3 aromatic rings. The van der Waals surface area contributed by atoms with Crippen LogP contribution in [0.15, 0.2) is 78.9 Å². The Kier molecular flexibility index (Phi) is 5.09. The van der Waals surface area contributed by atoms with E-state index in [0.29, 0.717) is 5.69 Å². The highest BCUT2D eigenvalue weighted by Crippen LogP contribution is 2.47. The Balaban J connectivity index is 1.57. The van der Waals surface area contributed by atoms with Crippen molar-refractivity contribution >= 4 is 23.2 Å². The number of carbonyl (C=O) groups is 2. The zero-order valence-corrected chi connectivity index (χ0v) is 19.4. The fraction of sp³-hybridized carbons (Fsp3) is 0.286. The van der Waals surface area contributed by atoms with Gasteiger partial charge in [0.15, 0.2) is 6.10 Å². The van der Waals surface area contributed by atoms with Gasteiger partial charge in [0.25, 0.3) is 5.91 Å². The van der Waals surface area contributed by atoms with E-state index in [9.17, 15) is 9.59 Å². The topological polar surface area (TPSA) is 49.9 Å². The SMILES string of the molecule is Cc1cccc(N2C(=O)[C@@H]3[C@H](ON(c4ccccc4)[C@@H]3c3ccc(C(C)(C)C)cc3)C2=O)c1. The van der Waals surface area contributed by atoms with Gasteiger partial charge in [-0.05, 0) is 53.3 Å². The summed E-state index contributed by atoms with van der Waals surface area (Å²) >= 11 is 0. The molecule has 2 aliphatic rings. The summed E-state index contributed by atoms with van der Waals surface area (Å²) in [4.78, 5) is 34.6. The molecule has 2 amide bonds. The molecule has 5 rings (SSSR count). The standard InChI is InChI=1S/C28H28N2O3/c1-18-9-8-12-22(17-18)29-26(31)23-24(19-13-15-20(16-14-19)28(2,3)4)30(33-25(23)27(29)32)21-10-6-5-7-11-21/h5-17,23-25H,1-4H3/t23-,24+,25-/m0/s1. The molecule has 0 saturated carbocycles. The van der Waals surface area contributed by atoms with Crippen molar-refractivity contribution in [3.05, 3.63) is 95.6 Å². The van der Waals surface area contributed by atoms with Crippen molar-refractivity contribution in [1.29, 1.82) is 0 Å². The van der Waals surface area contributed by atoms with Crippen molar-refractivity contribution in [2.75, 3.05) is 9.96 Å². The lowest BCUT2D eigenvalue weighted by Gasteiger charge is -2.29. The van der Waals surface area contributed by atoms with E-state index >= 15 is 0 Å². The second kappa shape index (κ2) is 7.85. The lowest BCUT2D eigenvalue weighted by Crippen LogP contribution is -2.37. The minimum absolute atomic E-state index is 0.0213. The monoisotopic (exact) mass is 440 g/mol. The second-order valence-corrected chi connectivity index (χ2v) is 9.88. The number of nitrogens with zero attached hydrogens (tertiary/aromatic N) is 2. The molecule has 0 unspecified atom stereocenters. The Bertz CT molecular complexity index is 1200. The van der Waals surface area contributed by atoms with Gasteiger partial charge in [-0.1, -0.05) is 75.4 Å². The Morgan fingerprint density at radius 3 is 2.09 bits per heavy atom. The number of hydroxylamine groups is 1. The number of fused-ring (bicyclic) bond motifs is 1. The first-order valence-corrected chi connectivity index (χ1v) is 11.3. The molecular weight excluding hydrogens is 412 g/mol. The van der Waals surface area contributed by atoms with E-state index in [1.54, 1.807) is 11.1 Å². The summed E-state index contributed by atoms with van der Waals surface area (Å²) in [6, 6.07) is 25.0. The molecule has 3 aromatic carbocycles. The zero-order valence-electron chi connectivity index (χ0n) is 19.4. The lowest BCUT2D eigenvalue weighted by molar-refractivity contribution is -0.126. The quantitative estimate of drug-likeness (QED) is 0.516. The van der Waals surface area contributed by atoms with Crippen LogP contribution >= 0.6 is 0 Å². The second-order valence-electron chi connectivity index (χ2n) is 9.88. The molecular formula is C28H28N2O3. The molecule has 0 aromatic heterocycles. The van der Waals surface area contributed by atoms with Crippen LogP contribution in [-0.2, 0) is 19.8 Å². The molecule has 5 heteroatoms. The van der Waals surface area contributed by atoms with E-state index < -0.39 is 18.1 Å². The lowest BCUT2D eigenvalue weighted by atomic mass is 9.84. The van der Waals surface area contributed by atoms with Crippen molar-refractivity contribution in [2.45, 2.75) is 45.3 Å². The van der Waals surface area contributed by atoms with Gasteiger partial charge in [0.2, 0.25) is 5.91 Å². The number of imide groups is 1. The Morgan fingerprint density at radius 2 is 1.45 bits per heavy atom. The number of hydrogen-bond donors (Lipinski definition) is 0. The van der Waals surface area contributed by atoms with Gasteiger partial charge < -0.3 is 0 Å². The van der Waals surface area contributed by atoms with E-state index in [1.807, 2.05) is 55.5 Å². The molecule has 3 atom stereocenters. The number of para-hydroxylation sites is 1. The van der Waals surface area contributed by atoms with Crippen molar-refractivity contribution in [3.8, 4) is 0 Å². The Labute approximate surface area is 194 Å². The summed E-state index contributed by atoms with van der Waals surface area (Å²) in [6.07, 6.45) is -0.856. The summed E-state index contributed by atoms with van der Waals surface area (Å²) in [7, 11) is 0. The molecule has 168 valence electrons. The number of anilines is 2. The van der Waals surface area contributed by atoms with Gasteiger partial charge in [-0.3, -0.25) is 14.4 Å². The minimum Gasteiger partial charge on any atom is -0.273 e. The highest BCUT2D eigenvalue weighted by molar-refractivity contribution is 6.23. The van der Waals surface area contributed by atoms with Crippen LogP contribution in [0.3, 0.4) is 0 Å². The molecule has 33 heavy (non-hydrogen) atoms. The van der Waals surface area contributed by atoms with Gasteiger partial charge in [-0.15, -0.1) is 0 Å². The first kappa shape index (κ1) is 21.4. The van der Waals surface area contributed by atoms with Crippen molar-refractivity contribution in [3.63, 3.8) is 0 Å². The molecule has 0 aliphatic carbocycles. The summed E-state index contributed by atoms with van der Waals surface area (Å²) in [5.74, 6) is -1.16. The molecule has 2 fully saturated rings. The smallest absolute Gasteiger partial charge is 0.266 e. The molecule has 2 aliphatic heterocycles. The maximum Gasteiger partial charge on any atom is 0.266 e. The number of benzene rings is 3. The van der Waals surface area contributed by atoms with Gasteiger partial charge in [-0.25, -0.2) is 9.96 Å². The molecule has 2 heterocycles. The third-order valence-electron chi connectivity index (χ3n) is 6.50. The molecule has 5 nitrogen and oxygen atoms in total. The van der Waals surface area contributed by atoms with Crippen LogP contribution < -0.4 is 9.96 Å². The van der Waals surface area contributed by atoms with E-state index in [4.69, 9.17) is 4.84 Å². The molecule has 0 N–H and O–H groups in total. The molecule has 2 saturated heterocycles. The highest BCUT2D eigenvalue weighted by atomic mass is 16.7. The average Bonchev–Trinajstić information content (AvgIpc) is 3.30. The maximum absolute atomic E-state index is 13.7. The van der Waals surface area contributed by atoms with E-state index in [1.165, 1.54) is 10.5 Å². The predicted molar refractivity (Wildman–Crippen MR) is 129 cm³/mol. The summed E-state index contributed by atoms with van der Waals surface area (Å²) in [6.45, 7) is 8.46.